The fraction of sp³-hybridized carbons (Fsp3) is 0.364. The van der Waals surface area contributed by atoms with Gasteiger partial charge in [0.15, 0.2) is 0 Å². The number of amides is 1. The van der Waals surface area contributed by atoms with Gasteiger partial charge in [-0.15, -0.1) is 0 Å². The molecule has 0 aliphatic carbocycles. The largest absolute Gasteiger partial charge is 0.314 e. The molecular formula is C11H15FN2O. The smallest absolute Gasteiger partial charge is 0.243 e. The summed E-state index contributed by atoms with van der Waals surface area (Å²) < 4.78 is 12.9. The molecule has 0 aromatic heterocycles. The Morgan fingerprint density at radius 3 is 2.73 bits per heavy atom. The molecule has 3 nitrogen and oxygen atoms in total. The third kappa shape index (κ3) is 2.76. The zero-order valence-electron chi connectivity index (χ0n) is 9.12. The number of rotatable bonds is 3. The predicted octanol–water partition coefficient (Wildman–Crippen LogP) is 1.40. The maximum absolute atomic E-state index is 12.9. The topological polar surface area (TPSA) is 32.3 Å². The summed E-state index contributed by atoms with van der Waals surface area (Å²) in [5, 5.41) is 2.85. The predicted molar refractivity (Wildman–Crippen MR) is 58.3 cm³/mol. The zero-order valence-corrected chi connectivity index (χ0v) is 9.12. The number of nitrogens with one attached hydrogen (secondary N) is 1. The highest BCUT2D eigenvalue weighted by Crippen LogP contribution is 2.14. The molecule has 1 rings (SSSR count). The third-order valence-corrected chi connectivity index (χ3v) is 2.33. The SMILES string of the molecule is CNC(C)C(=O)N(C)c1cccc(F)c1. The van der Waals surface area contributed by atoms with Gasteiger partial charge in [-0.2, -0.15) is 0 Å². The lowest BCUT2D eigenvalue weighted by molar-refractivity contribution is -0.119. The average molecular weight is 210 g/mol. The summed E-state index contributed by atoms with van der Waals surface area (Å²) in [5.74, 6) is -0.438. The number of anilines is 1. The average Bonchev–Trinajstić information content (AvgIpc) is 2.26. The van der Waals surface area contributed by atoms with E-state index in [0.717, 1.165) is 0 Å². The van der Waals surface area contributed by atoms with E-state index in [-0.39, 0.29) is 17.8 Å². The minimum absolute atomic E-state index is 0.0944. The van der Waals surface area contributed by atoms with Crippen LogP contribution in [0.25, 0.3) is 0 Å². The number of halogens is 1. The number of hydrogen-bond donors (Lipinski definition) is 1. The number of nitrogens with zero attached hydrogens (tertiary/aromatic N) is 1. The number of likely N-dealkylation sites (N-methyl/N-ethyl adjacent to an activating group) is 2. The van der Waals surface area contributed by atoms with Crippen molar-refractivity contribution in [3.8, 4) is 0 Å². The standard InChI is InChI=1S/C11H15FN2O/c1-8(13-2)11(15)14(3)10-6-4-5-9(12)7-10/h4-8,13H,1-3H3. The molecule has 0 aliphatic heterocycles. The van der Waals surface area contributed by atoms with Crippen LogP contribution in [0, 0.1) is 5.82 Å². The fourth-order valence-corrected chi connectivity index (χ4v) is 1.23. The van der Waals surface area contributed by atoms with Gasteiger partial charge in [0, 0.05) is 12.7 Å². The summed E-state index contributed by atoms with van der Waals surface area (Å²) >= 11 is 0. The highest BCUT2D eigenvalue weighted by Gasteiger charge is 2.16. The van der Waals surface area contributed by atoms with Gasteiger partial charge >= 0.3 is 0 Å². The first kappa shape index (κ1) is 11.7. The molecular weight excluding hydrogens is 195 g/mol. The van der Waals surface area contributed by atoms with Crippen LogP contribution in [-0.2, 0) is 4.79 Å². The van der Waals surface area contributed by atoms with Crippen molar-refractivity contribution in [1.82, 2.24) is 5.32 Å². The Morgan fingerprint density at radius 2 is 2.20 bits per heavy atom. The molecule has 1 N–H and O–H groups in total. The highest BCUT2D eigenvalue weighted by atomic mass is 19.1. The van der Waals surface area contributed by atoms with Crippen molar-refractivity contribution in [2.45, 2.75) is 13.0 Å². The van der Waals surface area contributed by atoms with E-state index in [0.29, 0.717) is 5.69 Å². The summed E-state index contributed by atoms with van der Waals surface area (Å²) in [7, 11) is 3.34. The lowest BCUT2D eigenvalue weighted by Crippen LogP contribution is -2.41. The van der Waals surface area contributed by atoms with E-state index >= 15 is 0 Å². The van der Waals surface area contributed by atoms with E-state index < -0.39 is 0 Å². The molecule has 0 fully saturated rings. The molecule has 1 amide bonds. The van der Waals surface area contributed by atoms with E-state index in [9.17, 15) is 9.18 Å². The summed E-state index contributed by atoms with van der Waals surface area (Å²) in [6.07, 6.45) is 0. The molecule has 0 heterocycles. The van der Waals surface area contributed by atoms with Crippen LogP contribution in [0.2, 0.25) is 0 Å². The van der Waals surface area contributed by atoms with E-state index in [2.05, 4.69) is 5.32 Å². The minimum Gasteiger partial charge on any atom is -0.314 e. The Kier molecular flexibility index (Phi) is 3.80. The first-order valence-electron chi connectivity index (χ1n) is 4.76. The Morgan fingerprint density at radius 1 is 1.53 bits per heavy atom. The van der Waals surface area contributed by atoms with Crippen LogP contribution < -0.4 is 10.2 Å². The van der Waals surface area contributed by atoms with Crippen molar-refractivity contribution < 1.29 is 9.18 Å². The van der Waals surface area contributed by atoms with E-state index in [1.807, 2.05) is 0 Å². The van der Waals surface area contributed by atoms with Gasteiger partial charge < -0.3 is 10.2 Å². The molecule has 1 aromatic carbocycles. The van der Waals surface area contributed by atoms with Crippen LogP contribution >= 0.6 is 0 Å². The van der Waals surface area contributed by atoms with E-state index in [1.165, 1.54) is 17.0 Å². The lowest BCUT2D eigenvalue weighted by atomic mass is 10.2. The van der Waals surface area contributed by atoms with Crippen LogP contribution in [0.5, 0.6) is 0 Å². The quantitative estimate of drug-likeness (QED) is 0.817. The fourth-order valence-electron chi connectivity index (χ4n) is 1.23. The maximum atomic E-state index is 12.9. The lowest BCUT2D eigenvalue weighted by Gasteiger charge is -2.21. The van der Waals surface area contributed by atoms with Gasteiger partial charge in [0.25, 0.3) is 0 Å². The van der Waals surface area contributed by atoms with Gasteiger partial charge in [-0.05, 0) is 32.2 Å². The molecule has 1 aromatic rings. The summed E-state index contributed by atoms with van der Waals surface area (Å²) in [4.78, 5) is 13.2. The molecule has 0 bridgehead atoms. The Labute approximate surface area is 88.9 Å². The van der Waals surface area contributed by atoms with Gasteiger partial charge in [-0.1, -0.05) is 6.07 Å². The molecule has 0 spiro atoms. The van der Waals surface area contributed by atoms with Gasteiger partial charge in [-0.25, -0.2) is 4.39 Å². The van der Waals surface area contributed by atoms with E-state index in [4.69, 9.17) is 0 Å². The summed E-state index contributed by atoms with van der Waals surface area (Å²) in [5.41, 5.74) is 0.558. The van der Waals surface area contributed by atoms with Gasteiger partial charge in [0.05, 0.1) is 6.04 Å². The van der Waals surface area contributed by atoms with E-state index in [1.54, 1.807) is 33.2 Å². The van der Waals surface area contributed by atoms with Crippen molar-refractivity contribution in [2.75, 3.05) is 19.0 Å². The molecule has 1 unspecified atom stereocenters. The molecule has 0 saturated carbocycles. The summed E-state index contributed by atoms with van der Waals surface area (Å²) in [6.45, 7) is 1.76. The van der Waals surface area contributed by atoms with Crippen LogP contribution in [-0.4, -0.2) is 26.0 Å². The third-order valence-electron chi connectivity index (χ3n) is 2.33. The van der Waals surface area contributed by atoms with Gasteiger partial charge in [-0.3, -0.25) is 4.79 Å². The second kappa shape index (κ2) is 4.89. The van der Waals surface area contributed by atoms with Gasteiger partial charge in [0.1, 0.15) is 5.82 Å². The molecule has 0 radical (unpaired) electrons. The van der Waals surface area contributed by atoms with Crippen molar-refractivity contribution in [3.63, 3.8) is 0 Å². The maximum Gasteiger partial charge on any atom is 0.243 e. The normalized spacial score (nSPS) is 12.3. The van der Waals surface area contributed by atoms with Crippen LogP contribution in [0.15, 0.2) is 24.3 Å². The van der Waals surface area contributed by atoms with Crippen LogP contribution in [0.4, 0.5) is 10.1 Å². The minimum atomic E-state index is -0.343. The Balaban J connectivity index is 2.85. The summed E-state index contributed by atoms with van der Waals surface area (Å²) in [6, 6.07) is 5.68. The second-order valence-corrected chi connectivity index (χ2v) is 3.39. The monoisotopic (exact) mass is 210 g/mol. The zero-order chi connectivity index (χ0) is 11.4. The van der Waals surface area contributed by atoms with Crippen LogP contribution in [0.1, 0.15) is 6.92 Å². The molecule has 82 valence electrons. The van der Waals surface area contributed by atoms with Crippen molar-refractivity contribution in [2.24, 2.45) is 0 Å². The number of hydrogen-bond acceptors (Lipinski definition) is 2. The first-order valence-corrected chi connectivity index (χ1v) is 4.76. The molecule has 1 atom stereocenters. The second-order valence-electron chi connectivity index (χ2n) is 3.39. The molecule has 4 heteroatoms. The van der Waals surface area contributed by atoms with Crippen molar-refractivity contribution >= 4 is 11.6 Å². The van der Waals surface area contributed by atoms with Crippen molar-refractivity contribution in [3.05, 3.63) is 30.1 Å². The van der Waals surface area contributed by atoms with Gasteiger partial charge in [0.2, 0.25) is 5.91 Å². The number of benzene rings is 1. The molecule has 15 heavy (non-hydrogen) atoms. The van der Waals surface area contributed by atoms with Crippen LogP contribution in [0.3, 0.4) is 0 Å². The molecule has 0 aliphatic rings. The Bertz CT molecular complexity index is 354. The molecule has 0 saturated heterocycles. The number of carbonyl (C=O) groups excluding carboxylic acids is 1. The highest BCUT2D eigenvalue weighted by molar-refractivity contribution is 5.96. The first-order chi connectivity index (χ1) is 7.06. The van der Waals surface area contributed by atoms with Crippen molar-refractivity contribution in [1.29, 1.82) is 0 Å². The number of carbonyl (C=O) groups is 1. The Hall–Kier alpha value is -1.42.